The van der Waals surface area contributed by atoms with Crippen molar-refractivity contribution in [2.45, 2.75) is 0 Å². The molecular formula is C60H36O. The predicted octanol–water partition coefficient (Wildman–Crippen LogP) is 17.2. The van der Waals surface area contributed by atoms with E-state index >= 15 is 0 Å². The maximum absolute atomic E-state index is 7.87. The summed E-state index contributed by atoms with van der Waals surface area (Å²) in [5.41, 5.74) is 11.0. The number of rotatable bonds is 4. The Hall–Kier alpha value is -8.00. The summed E-state index contributed by atoms with van der Waals surface area (Å²) in [6.45, 7) is 0. The number of hydrogen-bond acceptors (Lipinski definition) is 1. The zero-order valence-electron chi connectivity index (χ0n) is 33.2. The molecule has 13 rings (SSSR count). The van der Waals surface area contributed by atoms with Crippen LogP contribution in [0.5, 0.6) is 0 Å². The van der Waals surface area contributed by atoms with Crippen molar-refractivity contribution in [1.29, 1.82) is 0 Å². The standard InChI is InChI=1S/C60H36O/c1-5-23-41-37(15-1)19-9-27-45(41)53-35-55(47-29-11-21-39-17-3-7-25-43(39)47)59-57-49(31-13-33-51(53)57)50-32-14-34-52-54(46-28-10-20-38-16-2-6-24-42(38)46)36-56(60(61-59)58(50)52)48-30-12-22-40-18-4-8-26-44(40)48/h1-36H. The fourth-order valence-electron chi connectivity index (χ4n) is 10.3. The second-order valence-electron chi connectivity index (χ2n) is 16.3. The highest BCUT2D eigenvalue weighted by molar-refractivity contribution is 6.31. The average Bonchev–Trinajstić information content (AvgIpc) is 3.48. The van der Waals surface area contributed by atoms with Gasteiger partial charge in [-0.1, -0.05) is 206 Å². The lowest BCUT2D eigenvalue weighted by molar-refractivity contribution is 0.666. The van der Waals surface area contributed by atoms with Crippen molar-refractivity contribution in [2.75, 3.05) is 0 Å². The van der Waals surface area contributed by atoms with E-state index in [4.69, 9.17) is 4.42 Å². The summed E-state index contributed by atoms with van der Waals surface area (Å²) in [6, 6.07) is 80.1. The number of fused-ring (bicyclic) bond motifs is 5. The molecule has 0 spiro atoms. The first-order valence-electron chi connectivity index (χ1n) is 21.1. The Morgan fingerprint density at radius 3 is 0.820 bits per heavy atom. The molecule has 0 radical (unpaired) electrons. The molecule has 12 aromatic carbocycles. The third-order valence-corrected chi connectivity index (χ3v) is 13.0. The van der Waals surface area contributed by atoms with Crippen molar-refractivity contribution >= 4 is 86.6 Å². The first kappa shape index (κ1) is 33.9. The molecule has 0 fully saturated rings. The fraction of sp³-hybridized carbons (Fsp3) is 0. The smallest absolute Gasteiger partial charge is 0.143 e. The van der Waals surface area contributed by atoms with Crippen molar-refractivity contribution in [3.63, 3.8) is 0 Å². The molecule has 1 nitrogen and oxygen atoms in total. The van der Waals surface area contributed by atoms with Gasteiger partial charge in [0, 0.05) is 21.9 Å². The maximum Gasteiger partial charge on any atom is 0.143 e. The SMILES string of the molecule is c1ccc2c(-c3cc(-c4cccc5ccccc45)c4oc5c(-c6cccc7ccccc67)cc(-c6cccc7ccccc67)c6cccc(c7cccc3c47)c65)cccc2c1. The Balaban J connectivity index is 1.29. The van der Waals surface area contributed by atoms with E-state index in [0.29, 0.717) is 0 Å². The van der Waals surface area contributed by atoms with Gasteiger partial charge in [-0.2, -0.15) is 0 Å². The molecule has 0 N–H and O–H groups in total. The van der Waals surface area contributed by atoms with E-state index < -0.39 is 0 Å². The molecule has 282 valence electrons. The van der Waals surface area contributed by atoms with Gasteiger partial charge in [0.25, 0.3) is 0 Å². The monoisotopic (exact) mass is 772 g/mol. The van der Waals surface area contributed by atoms with Gasteiger partial charge >= 0.3 is 0 Å². The zero-order chi connectivity index (χ0) is 40.0. The van der Waals surface area contributed by atoms with Gasteiger partial charge in [0.1, 0.15) is 11.2 Å². The van der Waals surface area contributed by atoms with Crippen molar-refractivity contribution < 1.29 is 4.42 Å². The van der Waals surface area contributed by atoms with E-state index in [1.165, 1.54) is 86.9 Å². The molecule has 0 aliphatic heterocycles. The van der Waals surface area contributed by atoms with Gasteiger partial charge in [-0.05, 0) is 110 Å². The molecule has 1 heteroatoms. The Kier molecular flexibility index (Phi) is 7.37. The molecule has 1 heterocycles. The van der Waals surface area contributed by atoms with Crippen LogP contribution in [0.25, 0.3) is 131 Å². The summed E-state index contributed by atoms with van der Waals surface area (Å²) in [7, 11) is 0. The lowest BCUT2D eigenvalue weighted by atomic mass is 9.86. The van der Waals surface area contributed by atoms with Crippen LogP contribution in [-0.2, 0) is 0 Å². The van der Waals surface area contributed by atoms with E-state index in [0.717, 1.165) is 44.2 Å². The van der Waals surface area contributed by atoms with Crippen molar-refractivity contribution in [1.82, 2.24) is 0 Å². The van der Waals surface area contributed by atoms with E-state index in [1.807, 2.05) is 0 Å². The predicted molar refractivity (Wildman–Crippen MR) is 260 cm³/mol. The molecule has 0 atom stereocenters. The first-order chi connectivity index (χ1) is 30.3. The fourth-order valence-corrected chi connectivity index (χ4v) is 10.3. The molecule has 0 aliphatic carbocycles. The van der Waals surface area contributed by atoms with Crippen LogP contribution in [0.15, 0.2) is 223 Å². The summed E-state index contributed by atoms with van der Waals surface area (Å²) in [4.78, 5) is 0. The van der Waals surface area contributed by atoms with E-state index in [-0.39, 0.29) is 0 Å². The molecular weight excluding hydrogens is 737 g/mol. The molecule has 0 saturated heterocycles. The van der Waals surface area contributed by atoms with Crippen molar-refractivity contribution in [2.24, 2.45) is 0 Å². The molecule has 0 amide bonds. The first-order valence-corrected chi connectivity index (χ1v) is 21.1. The normalized spacial score (nSPS) is 11.9. The number of benzene rings is 12. The molecule has 1 aromatic heterocycles. The van der Waals surface area contributed by atoms with Gasteiger partial charge < -0.3 is 4.42 Å². The van der Waals surface area contributed by atoms with Crippen LogP contribution in [0.4, 0.5) is 0 Å². The summed E-state index contributed by atoms with van der Waals surface area (Å²) < 4.78 is 7.87. The van der Waals surface area contributed by atoms with Crippen LogP contribution >= 0.6 is 0 Å². The van der Waals surface area contributed by atoms with E-state index in [9.17, 15) is 0 Å². The molecule has 61 heavy (non-hydrogen) atoms. The molecule has 0 aliphatic rings. The topological polar surface area (TPSA) is 13.1 Å². The quantitative estimate of drug-likeness (QED) is 0.174. The Morgan fingerprint density at radius 1 is 0.197 bits per heavy atom. The molecule has 13 aromatic rings. The Bertz CT molecular complexity index is 3660. The second kappa shape index (κ2) is 13.3. The minimum absolute atomic E-state index is 0.878. The zero-order valence-corrected chi connectivity index (χ0v) is 33.2. The molecule has 0 saturated carbocycles. The third kappa shape index (κ3) is 5.08. The summed E-state index contributed by atoms with van der Waals surface area (Å²) in [6.07, 6.45) is 0. The Labute approximate surface area is 352 Å². The van der Waals surface area contributed by atoms with Crippen molar-refractivity contribution in [3.8, 4) is 44.5 Å². The maximum atomic E-state index is 7.87. The van der Waals surface area contributed by atoms with Crippen LogP contribution in [0.1, 0.15) is 0 Å². The lowest BCUT2D eigenvalue weighted by Gasteiger charge is -2.17. The number of hydrogen-bond donors (Lipinski definition) is 0. The summed E-state index contributed by atoms with van der Waals surface area (Å²) in [5.74, 6) is 0. The lowest BCUT2D eigenvalue weighted by Crippen LogP contribution is -1.90. The van der Waals surface area contributed by atoms with Gasteiger partial charge in [-0.15, -0.1) is 0 Å². The molecule has 0 unspecified atom stereocenters. The van der Waals surface area contributed by atoms with Crippen LogP contribution in [0.2, 0.25) is 0 Å². The summed E-state index contributed by atoms with van der Waals surface area (Å²) in [5, 5.41) is 16.6. The van der Waals surface area contributed by atoms with E-state index in [1.54, 1.807) is 0 Å². The van der Waals surface area contributed by atoms with Crippen LogP contribution < -0.4 is 0 Å². The largest absolute Gasteiger partial charge is 0.455 e. The minimum Gasteiger partial charge on any atom is -0.455 e. The van der Waals surface area contributed by atoms with Gasteiger partial charge in [-0.25, -0.2) is 0 Å². The highest BCUT2D eigenvalue weighted by Gasteiger charge is 2.24. The van der Waals surface area contributed by atoms with Gasteiger partial charge in [0.15, 0.2) is 0 Å². The van der Waals surface area contributed by atoms with Gasteiger partial charge in [0.05, 0.1) is 0 Å². The van der Waals surface area contributed by atoms with Crippen LogP contribution in [-0.4, -0.2) is 0 Å². The highest BCUT2D eigenvalue weighted by atomic mass is 16.3. The summed E-state index contributed by atoms with van der Waals surface area (Å²) >= 11 is 0. The van der Waals surface area contributed by atoms with E-state index in [2.05, 4.69) is 218 Å². The minimum atomic E-state index is 0.878. The third-order valence-electron chi connectivity index (χ3n) is 13.0. The molecule has 0 bridgehead atoms. The highest BCUT2D eigenvalue weighted by Crippen LogP contribution is 2.50. The van der Waals surface area contributed by atoms with Crippen LogP contribution in [0.3, 0.4) is 0 Å². The van der Waals surface area contributed by atoms with Crippen LogP contribution in [0, 0.1) is 0 Å². The van der Waals surface area contributed by atoms with Crippen molar-refractivity contribution in [3.05, 3.63) is 218 Å². The van der Waals surface area contributed by atoms with Gasteiger partial charge in [0.2, 0.25) is 0 Å². The average molecular weight is 773 g/mol. The Morgan fingerprint density at radius 2 is 0.459 bits per heavy atom. The second-order valence-corrected chi connectivity index (χ2v) is 16.3. The van der Waals surface area contributed by atoms with Gasteiger partial charge in [-0.3, -0.25) is 0 Å².